The number of anilines is 1. The van der Waals surface area contributed by atoms with E-state index in [1.807, 2.05) is 67.6 Å². The van der Waals surface area contributed by atoms with Crippen molar-refractivity contribution >= 4 is 17.5 Å². The molecular formula is C23H22N2O3. The van der Waals surface area contributed by atoms with E-state index in [-0.39, 0.29) is 24.8 Å². The molecule has 3 aromatic carbocycles. The van der Waals surface area contributed by atoms with Crippen LogP contribution in [0.3, 0.4) is 0 Å². The van der Waals surface area contributed by atoms with Gasteiger partial charge in [-0.1, -0.05) is 48.0 Å². The van der Waals surface area contributed by atoms with Gasteiger partial charge in [0.1, 0.15) is 5.75 Å². The second-order valence-corrected chi connectivity index (χ2v) is 6.33. The summed E-state index contributed by atoms with van der Waals surface area (Å²) in [5.74, 6) is 0.860. The Balaban J connectivity index is 1.53. The molecule has 0 unspecified atom stereocenters. The molecule has 0 spiro atoms. The lowest BCUT2D eigenvalue weighted by Crippen LogP contribution is -2.27. The fourth-order valence-corrected chi connectivity index (χ4v) is 2.67. The van der Waals surface area contributed by atoms with E-state index in [1.54, 1.807) is 18.2 Å². The zero-order chi connectivity index (χ0) is 19.8. The molecule has 0 aliphatic heterocycles. The molecule has 5 heteroatoms. The summed E-state index contributed by atoms with van der Waals surface area (Å²) in [5, 5.41) is 5.60. The van der Waals surface area contributed by atoms with Crippen LogP contribution in [0.4, 0.5) is 5.69 Å². The molecule has 0 aliphatic rings. The monoisotopic (exact) mass is 374 g/mol. The third-order valence-electron chi connectivity index (χ3n) is 4.05. The van der Waals surface area contributed by atoms with E-state index in [0.717, 1.165) is 5.56 Å². The number of amides is 2. The summed E-state index contributed by atoms with van der Waals surface area (Å²) in [4.78, 5) is 24.4. The van der Waals surface area contributed by atoms with Crippen LogP contribution in [0, 0.1) is 6.92 Å². The highest BCUT2D eigenvalue weighted by Crippen LogP contribution is 2.29. The Labute approximate surface area is 164 Å². The molecule has 0 saturated carbocycles. The molecule has 0 aromatic heterocycles. The second kappa shape index (κ2) is 9.37. The summed E-state index contributed by atoms with van der Waals surface area (Å²) >= 11 is 0. The van der Waals surface area contributed by atoms with Gasteiger partial charge in [-0.15, -0.1) is 0 Å². The van der Waals surface area contributed by atoms with Crippen LogP contribution in [-0.4, -0.2) is 18.4 Å². The van der Waals surface area contributed by atoms with Crippen LogP contribution in [-0.2, 0) is 4.79 Å². The van der Waals surface area contributed by atoms with Crippen LogP contribution in [0.15, 0.2) is 78.9 Å². The first kappa shape index (κ1) is 19.2. The summed E-state index contributed by atoms with van der Waals surface area (Å²) in [6.45, 7) is 2.18. The van der Waals surface area contributed by atoms with Gasteiger partial charge in [0.2, 0.25) is 5.91 Å². The van der Waals surface area contributed by atoms with Gasteiger partial charge in [0.05, 0.1) is 5.69 Å². The molecule has 0 bridgehead atoms. The summed E-state index contributed by atoms with van der Waals surface area (Å²) in [7, 11) is 0. The molecule has 0 heterocycles. The van der Waals surface area contributed by atoms with Gasteiger partial charge in [-0.25, -0.2) is 0 Å². The maximum absolute atomic E-state index is 12.3. The van der Waals surface area contributed by atoms with Gasteiger partial charge in [-0.3, -0.25) is 9.59 Å². The van der Waals surface area contributed by atoms with Gasteiger partial charge in [-0.05, 0) is 43.3 Å². The number of aryl methyl sites for hydroxylation is 1. The van der Waals surface area contributed by atoms with E-state index in [9.17, 15) is 9.59 Å². The number of carbonyl (C=O) groups excluding carboxylic acids is 2. The van der Waals surface area contributed by atoms with Crippen molar-refractivity contribution in [3.05, 3.63) is 90.0 Å². The molecule has 0 saturated heterocycles. The SMILES string of the molecule is Cc1cccc(C(=O)NCCC(=O)Nc2ccccc2Oc2ccccc2)c1. The summed E-state index contributed by atoms with van der Waals surface area (Å²) < 4.78 is 5.84. The van der Waals surface area contributed by atoms with Crippen molar-refractivity contribution in [1.29, 1.82) is 0 Å². The first-order chi connectivity index (χ1) is 13.6. The number of hydrogen-bond acceptors (Lipinski definition) is 3. The third-order valence-corrected chi connectivity index (χ3v) is 4.05. The number of benzene rings is 3. The maximum atomic E-state index is 12.3. The Morgan fingerprint density at radius 1 is 0.893 bits per heavy atom. The van der Waals surface area contributed by atoms with Crippen LogP contribution in [0.5, 0.6) is 11.5 Å². The lowest BCUT2D eigenvalue weighted by Gasteiger charge is -2.12. The second-order valence-electron chi connectivity index (χ2n) is 6.33. The minimum absolute atomic E-state index is 0.164. The topological polar surface area (TPSA) is 67.4 Å². The zero-order valence-corrected chi connectivity index (χ0v) is 15.6. The minimum atomic E-state index is -0.200. The summed E-state index contributed by atoms with van der Waals surface area (Å²) in [5.41, 5.74) is 2.18. The highest BCUT2D eigenvalue weighted by molar-refractivity contribution is 5.95. The molecule has 0 atom stereocenters. The standard InChI is InChI=1S/C23H22N2O3/c1-17-8-7-9-18(16-17)23(27)24-15-14-22(26)25-20-12-5-6-13-21(20)28-19-10-3-2-4-11-19/h2-13,16H,14-15H2,1H3,(H,24,27)(H,25,26). The Morgan fingerprint density at radius 2 is 1.64 bits per heavy atom. The fourth-order valence-electron chi connectivity index (χ4n) is 2.67. The van der Waals surface area contributed by atoms with Crippen molar-refractivity contribution < 1.29 is 14.3 Å². The Morgan fingerprint density at radius 3 is 2.43 bits per heavy atom. The van der Waals surface area contributed by atoms with Gasteiger partial charge < -0.3 is 15.4 Å². The lowest BCUT2D eigenvalue weighted by molar-refractivity contribution is -0.116. The predicted molar refractivity (Wildman–Crippen MR) is 110 cm³/mol. The van der Waals surface area contributed by atoms with E-state index in [4.69, 9.17) is 4.74 Å². The van der Waals surface area contributed by atoms with E-state index >= 15 is 0 Å². The van der Waals surface area contributed by atoms with Gasteiger partial charge in [0.25, 0.3) is 5.91 Å². The predicted octanol–water partition coefficient (Wildman–Crippen LogP) is 4.55. The van der Waals surface area contributed by atoms with Gasteiger partial charge in [-0.2, -0.15) is 0 Å². The Bertz CT molecular complexity index is 955. The van der Waals surface area contributed by atoms with Gasteiger partial charge >= 0.3 is 0 Å². The number of carbonyl (C=O) groups is 2. The first-order valence-corrected chi connectivity index (χ1v) is 9.08. The number of hydrogen-bond donors (Lipinski definition) is 2. The van der Waals surface area contributed by atoms with Gasteiger partial charge in [0, 0.05) is 18.5 Å². The van der Waals surface area contributed by atoms with Crippen LogP contribution in [0.25, 0.3) is 0 Å². The van der Waals surface area contributed by atoms with Crippen LogP contribution < -0.4 is 15.4 Å². The van der Waals surface area contributed by atoms with Crippen LogP contribution in [0.1, 0.15) is 22.3 Å². The molecule has 0 aliphatic carbocycles. The fraction of sp³-hybridized carbons (Fsp3) is 0.130. The minimum Gasteiger partial charge on any atom is -0.455 e. The van der Waals surface area contributed by atoms with Crippen molar-refractivity contribution in [2.45, 2.75) is 13.3 Å². The number of rotatable bonds is 7. The van der Waals surface area contributed by atoms with Crippen molar-refractivity contribution in [3.8, 4) is 11.5 Å². The van der Waals surface area contributed by atoms with Crippen molar-refractivity contribution in [2.24, 2.45) is 0 Å². The molecule has 142 valence electrons. The number of para-hydroxylation sites is 3. The highest BCUT2D eigenvalue weighted by Gasteiger charge is 2.10. The Kier molecular flexibility index (Phi) is 6.41. The third kappa shape index (κ3) is 5.45. The normalized spacial score (nSPS) is 10.2. The average Bonchev–Trinajstić information content (AvgIpc) is 2.70. The summed E-state index contributed by atoms with van der Waals surface area (Å²) in [6, 6.07) is 23.9. The average molecular weight is 374 g/mol. The van der Waals surface area contributed by atoms with E-state index in [0.29, 0.717) is 22.7 Å². The molecule has 3 aromatic rings. The Hall–Kier alpha value is -3.60. The summed E-state index contributed by atoms with van der Waals surface area (Å²) in [6.07, 6.45) is 0.164. The molecule has 0 radical (unpaired) electrons. The molecule has 28 heavy (non-hydrogen) atoms. The molecule has 2 N–H and O–H groups in total. The van der Waals surface area contributed by atoms with E-state index in [2.05, 4.69) is 10.6 Å². The molecule has 2 amide bonds. The molecule has 5 nitrogen and oxygen atoms in total. The lowest BCUT2D eigenvalue weighted by atomic mass is 10.1. The largest absolute Gasteiger partial charge is 0.455 e. The number of ether oxygens (including phenoxy) is 1. The highest BCUT2D eigenvalue weighted by atomic mass is 16.5. The van der Waals surface area contributed by atoms with Crippen LogP contribution >= 0.6 is 0 Å². The van der Waals surface area contributed by atoms with Crippen molar-refractivity contribution in [3.63, 3.8) is 0 Å². The van der Waals surface area contributed by atoms with Crippen molar-refractivity contribution in [2.75, 3.05) is 11.9 Å². The quantitative estimate of drug-likeness (QED) is 0.638. The first-order valence-electron chi connectivity index (χ1n) is 9.08. The van der Waals surface area contributed by atoms with Gasteiger partial charge in [0.15, 0.2) is 5.75 Å². The zero-order valence-electron chi connectivity index (χ0n) is 15.6. The smallest absolute Gasteiger partial charge is 0.251 e. The van der Waals surface area contributed by atoms with E-state index < -0.39 is 0 Å². The van der Waals surface area contributed by atoms with Crippen molar-refractivity contribution in [1.82, 2.24) is 5.32 Å². The molecular weight excluding hydrogens is 352 g/mol. The van der Waals surface area contributed by atoms with E-state index in [1.165, 1.54) is 0 Å². The number of nitrogens with one attached hydrogen (secondary N) is 2. The van der Waals surface area contributed by atoms with Crippen LogP contribution in [0.2, 0.25) is 0 Å². The molecule has 3 rings (SSSR count). The maximum Gasteiger partial charge on any atom is 0.251 e. The molecule has 0 fully saturated rings.